The van der Waals surface area contributed by atoms with Gasteiger partial charge in [-0.3, -0.25) is 0 Å². The van der Waals surface area contributed by atoms with Gasteiger partial charge in [-0.05, 0) is 22.3 Å². The van der Waals surface area contributed by atoms with Crippen LogP contribution < -0.4 is 0 Å². The minimum atomic E-state index is 0.557. The molecule has 0 fully saturated rings. The van der Waals surface area contributed by atoms with E-state index >= 15 is 0 Å². The Bertz CT molecular complexity index is 441. The molecule has 0 heterocycles. The van der Waals surface area contributed by atoms with E-state index in [0.717, 1.165) is 22.3 Å². The third-order valence-electron chi connectivity index (χ3n) is 2.22. The van der Waals surface area contributed by atoms with Crippen LogP contribution in [0.5, 0.6) is 0 Å². The fourth-order valence-corrected chi connectivity index (χ4v) is 1.40. The van der Waals surface area contributed by atoms with E-state index < -0.39 is 0 Å². The van der Waals surface area contributed by atoms with Crippen molar-refractivity contribution in [3.63, 3.8) is 0 Å². The van der Waals surface area contributed by atoms with Crippen molar-refractivity contribution in [2.24, 2.45) is 0 Å². The number of hydrogen-bond acceptors (Lipinski definition) is 0. The molecule has 0 atom stereocenters. The summed E-state index contributed by atoms with van der Waals surface area (Å²) in [4.78, 5) is 0. The summed E-state index contributed by atoms with van der Waals surface area (Å²) in [6.45, 7) is 11.6. The summed E-state index contributed by atoms with van der Waals surface area (Å²) < 4.78 is 0. The highest BCUT2D eigenvalue weighted by molar-refractivity contribution is 5.82. The largest absolute Gasteiger partial charge is 0.120 e. The summed E-state index contributed by atoms with van der Waals surface area (Å²) in [6.07, 6.45) is 7.57. The van der Waals surface area contributed by atoms with Gasteiger partial charge in [0.15, 0.2) is 0 Å². The highest BCUT2D eigenvalue weighted by Crippen LogP contribution is 2.25. The molecule has 0 amide bonds. The van der Waals surface area contributed by atoms with Crippen LogP contribution >= 0.6 is 0 Å². The second-order valence-corrected chi connectivity index (χ2v) is 3.26. The number of terminal acetylenes is 1. The molecular formula is C15H14. The van der Waals surface area contributed by atoms with Crippen molar-refractivity contribution < 1.29 is 0 Å². The summed E-state index contributed by atoms with van der Waals surface area (Å²) in [5.41, 5.74) is 3.94. The molecule has 0 aliphatic heterocycles. The molecule has 0 N–H and O–H groups in total. The van der Waals surface area contributed by atoms with Gasteiger partial charge in [-0.25, -0.2) is 0 Å². The zero-order chi connectivity index (χ0) is 11.3. The molecule has 1 rings (SSSR count). The maximum atomic E-state index is 5.27. The molecule has 0 radical (unpaired) electrons. The number of rotatable bonds is 4. The second kappa shape index (κ2) is 5.02. The molecule has 0 aliphatic carbocycles. The van der Waals surface area contributed by atoms with Gasteiger partial charge in [-0.2, -0.15) is 0 Å². The SMILES string of the molecule is C#CCC(=C)c1ccccc1C(=C)C=C. The first-order valence-electron chi connectivity index (χ1n) is 4.73. The average molecular weight is 194 g/mol. The maximum absolute atomic E-state index is 5.27. The minimum Gasteiger partial charge on any atom is -0.120 e. The molecule has 0 aromatic heterocycles. The van der Waals surface area contributed by atoms with Crippen molar-refractivity contribution >= 4 is 11.1 Å². The van der Waals surface area contributed by atoms with Crippen LogP contribution in [0, 0.1) is 12.3 Å². The molecule has 0 unspecified atom stereocenters. The smallest absolute Gasteiger partial charge is 0.0338 e. The van der Waals surface area contributed by atoms with Crippen LogP contribution in [0.25, 0.3) is 11.1 Å². The summed E-state index contributed by atoms with van der Waals surface area (Å²) >= 11 is 0. The van der Waals surface area contributed by atoms with Crippen molar-refractivity contribution in [2.45, 2.75) is 6.42 Å². The van der Waals surface area contributed by atoms with E-state index in [9.17, 15) is 0 Å². The first kappa shape index (κ1) is 11.1. The van der Waals surface area contributed by atoms with Crippen LogP contribution in [-0.4, -0.2) is 0 Å². The number of benzene rings is 1. The van der Waals surface area contributed by atoms with Crippen LogP contribution in [0.15, 0.2) is 50.1 Å². The summed E-state index contributed by atoms with van der Waals surface area (Å²) in [5, 5.41) is 0. The predicted octanol–water partition coefficient (Wildman–Crippen LogP) is 3.92. The summed E-state index contributed by atoms with van der Waals surface area (Å²) in [6, 6.07) is 7.94. The highest BCUT2D eigenvalue weighted by atomic mass is 14.1. The Morgan fingerprint density at radius 2 is 1.87 bits per heavy atom. The number of allylic oxidation sites excluding steroid dienone is 3. The zero-order valence-corrected chi connectivity index (χ0v) is 8.79. The lowest BCUT2D eigenvalue weighted by atomic mass is 9.94. The zero-order valence-electron chi connectivity index (χ0n) is 8.79. The third kappa shape index (κ3) is 2.48. The van der Waals surface area contributed by atoms with Crippen LogP contribution in [-0.2, 0) is 0 Å². The molecule has 0 heteroatoms. The number of hydrogen-bond donors (Lipinski definition) is 0. The Balaban J connectivity index is 3.18. The van der Waals surface area contributed by atoms with E-state index in [4.69, 9.17) is 6.42 Å². The molecule has 1 aromatic rings. The Kier molecular flexibility index (Phi) is 3.71. The minimum absolute atomic E-state index is 0.557. The Morgan fingerprint density at radius 3 is 2.40 bits per heavy atom. The highest BCUT2D eigenvalue weighted by Gasteiger charge is 2.05. The van der Waals surface area contributed by atoms with E-state index in [2.05, 4.69) is 25.7 Å². The van der Waals surface area contributed by atoms with Crippen molar-refractivity contribution in [1.29, 1.82) is 0 Å². The van der Waals surface area contributed by atoms with E-state index in [1.54, 1.807) is 6.08 Å². The van der Waals surface area contributed by atoms with Crippen LogP contribution in [0.4, 0.5) is 0 Å². The third-order valence-corrected chi connectivity index (χ3v) is 2.22. The first-order valence-corrected chi connectivity index (χ1v) is 4.73. The lowest BCUT2D eigenvalue weighted by Crippen LogP contribution is -1.89. The van der Waals surface area contributed by atoms with Crippen LogP contribution in [0.3, 0.4) is 0 Å². The molecular weight excluding hydrogens is 180 g/mol. The molecule has 0 saturated heterocycles. The van der Waals surface area contributed by atoms with Crippen LogP contribution in [0.2, 0.25) is 0 Å². The van der Waals surface area contributed by atoms with E-state index in [1.807, 2.05) is 24.3 Å². The quantitative estimate of drug-likeness (QED) is 0.503. The van der Waals surface area contributed by atoms with E-state index in [0.29, 0.717) is 6.42 Å². The topological polar surface area (TPSA) is 0 Å². The molecule has 15 heavy (non-hydrogen) atoms. The maximum Gasteiger partial charge on any atom is 0.0338 e. The van der Waals surface area contributed by atoms with E-state index in [-0.39, 0.29) is 0 Å². The van der Waals surface area contributed by atoms with Gasteiger partial charge in [0, 0.05) is 6.42 Å². The van der Waals surface area contributed by atoms with Gasteiger partial charge in [0.1, 0.15) is 0 Å². The normalized spacial score (nSPS) is 9.00. The molecule has 0 nitrogen and oxygen atoms in total. The Hall–Kier alpha value is -2.00. The second-order valence-electron chi connectivity index (χ2n) is 3.26. The van der Waals surface area contributed by atoms with Gasteiger partial charge in [-0.1, -0.05) is 50.1 Å². The van der Waals surface area contributed by atoms with Gasteiger partial charge in [0.05, 0.1) is 0 Å². The molecule has 0 saturated carbocycles. The molecule has 0 bridgehead atoms. The van der Waals surface area contributed by atoms with Gasteiger partial charge in [0.2, 0.25) is 0 Å². The monoisotopic (exact) mass is 194 g/mol. The van der Waals surface area contributed by atoms with Gasteiger partial charge < -0.3 is 0 Å². The molecule has 0 aliphatic rings. The van der Waals surface area contributed by atoms with E-state index in [1.165, 1.54) is 0 Å². The van der Waals surface area contributed by atoms with Crippen molar-refractivity contribution in [1.82, 2.24) is 0 Å². The predicted molar refractivity (Wildman–Crippen MR) is 68.2 cm³/mol. The van der Waals surface area contributed by atoms with Crippen LogP contribution in [0.1, 0.15) is 17.5 Å². The average Bonchev–Trinajstić information content (AvgIpc) is 2.28. The van der Waals surface area contributed by atoms with Gasteiger partial charge in [0.25, 0.3) is 0 Å². The Labute approximate surface area is 91.6 Å². The van der Waals surface area contributed by atoms with Crippen molar-refractivity contribution in [2.75, 3.05) is 0 Å². The lowest BCUT2D eigenvalue weighted by molar-refractivity contribution is 1.44. The lowest BCUT2D eigenvalue weighted by Gasteiger charge is -2.09. The standard InChI is InChI=1S/C15H14/c1-5-9-13(4)15-11-8-7-10-14(15)12(3)6-2/h1,6-8,10-11H,2-4,9H2. The molecule has 74 valence electrons. The fraction of sp³-hybridized carbons (Fsp3) is 0.0667. The molecule has 1 aromatic carbocycles. The van der Waals surface area contributed by atoms with Gasteiger partial charge in [-0.15, -0.1) is 12.3 Å². The summed E-state index contributed by atoms with van der Waals surface area (Å²) in [5.74, 6) is 2.60. The fourth-order valence-electron chi connectivity index (χ4n) is 1.40. The molecule has 0 spiro atoms. The van der Waals surface area contributed by atoms with Crippen molar-refractivity contribution in [3.05, 3.63) is 61.2 Å². The Morgan fingerprint density at radius 1 is 1.27 bits per heavy atom. The van der Waals surface area contributed by atoms with Gasteiger partial charge >= 0.3 is 0 Å². The van der Waals surface area contributed by atoms with Crippen molar-refractivity contribution in [3.8, 4) is 12.3 Å². The first-order chi connectivity index (χ1) is 7.20. The summed E-state index contributed by atoms with van der Waals surface area (Å²) in [7, 11) is 0.